The van der Waals surface area contributed by atoms with Crippen LogP contribution in [0.4, 0.5) is 0 Å². The number of aromatic nitrogens is 2. The van der Waals surface area contributed by atoms with Crippen LogP contribution >= 0.6 is 0 Å². The monoisotopic (exact) mass is 285 g/mol. The topological polar surface area (TPSA) is 39.1 Å². The Morgan fingerprint density at radius 1 is 1.33 bits per heavy atom. The summed E-state index contributed by atoms with van der Waals surface area (Å²) in [5.74, 6) is 1.04. The zero-order chi connectivity index (χ0) is 14.8. The molecule has 1 aliphatic heterocycles. The molecule has 0 saturated heterocycles. The third kappa shape index (κ3) is 2.95. The van der Waals surface area contributed by atoms with Crippen LogP contribution in [-0.4, -0.2) is 23.4 Å². The molecule has 4 nitrogen and oxygen atoms in total. The molecule has 0 bridgehead atoms. The van der Waals surface area contributed by atoms with E-state index in [1.165, 1.54) is 11.1 Å². The van der Waals surface area contributed by atoms with Gasteiger partial charge in [-0.15, -0.1) is 0 Å². The van der Waals surface area contributed by atoms with Gasteiger partial charge in [-0.2, -0.15) is 5.10 Å². The van der Waals surface area contributed by atoms with E-state index in [2.05, 4.69) is 54.7 Å². The Hall–Kier alpha value is -1.81. The Labute approximate surface area is 126 Å². The molecule has 2 heterocycles. The van der Waals surface area contributed by atoms with E-state index in [9.17, 15) is 0 Å². The van der Waals surface area contributed by atoms with Gasteiger partial charge in [0.2, 0.25) is 0 Å². The minimum atomic E-state index is 0.284. The lowest BCUT2D eigenvalue weighted by Gasteiger charge is -2.16. The molecule has 112 valence electrons. The highest BCUT2D eigenvalue weighted by molar-refractivity contribution is 5.41. The van der Waals surface area contributed by atoms with Crippen LogP contribution in [0.2, 0.25) is 0 Å². The first-order chi connectivity index (χ1) is 10.2. The van der Waals surface area contributed by atoms with Crippen LogP contribution < -0.4 is 10.1 Å². The van der Waals surface area contributed by atoms with Gasteiger partial charge in [0.25, 0.3) is 0 Å². The molecule has 2 aromatic rings. The molecular weight excluding hydrogens is 262 g/mol. The van der Waals surface area contributed by atoms with Crippen molar-refractivity contribution in [2.24, 2.45) is 0 Å². The summed E-state index contributed by atoms with van der Waals surface area (Å²) in [5, 5.41) is 8.05. The molecule has 1 aromatic heterocycles. The molecule has 0 radical (unpaired) electrons. The van der Waals surface area contributed by atoms with Crippen molar-refractivity contribution < 1.29 is 4.74 Å². The third-order valence-corrected chi connectivity index (χ3v) is 4.07. The third-order valence-electron chi connectivity index (χ3n) is 4.07. The Balaban J connectivity index is 1.78. The zero-order valence-corrected chi connectivity index (χ0v) is 13.0. The van der Waals surface area contributed by atoms with E-state index in [0.717, 1.165) is 30.9 Å². The predicted molar refractivity (Wildman–Crippen MR) is 83.8 cm³/mol. The molecule has 1 N–H and O–H groups in total. The van der Waals surface area contributed by atoms with Crippen molar-refractivity contribution in [1.82, 2.24) is 15.1 Å². The summed E-state index contributed by atoms with van der Waals surface area (Å²) in [5.41, 5.74) is 3.75. The van der Waals surface area contributed by atoms with Gasteiger partial charge in [0.15, 0.2) is 0 Å². The normalized spacial score (nSPS) is 15.0. The number of hydrogen-bond donors (Lipinski definition) is 1. The molecule has 0 fully saturated rings. The molecule has 21 heavy (non-hydrogen) atoms. The minimum absolute atomic E-state index is 0.284. The van der Waals surface area contributed by atoms with E-state index in [4.69, 9.17) is 4.74 Å². The Bertz CT molecular complexity index is 618. The Morgan fingerprint density at radius 2 is 2.19 bits per heavy atom. The fraction of sp³-hybridized carbons (Fsp3) is 0.471. The minimum Gasteiger partial charge on any atom is -0.493 e. The van der Waals surface area contributed by atoms with Gasteiger partial charge in [-0.25, -0.2) is 0 Å². The number of nitrogens with one attached hydrogen (secondary N) is 1. The lowest BCUT2D eigenvalue weighted by Crippen LogP contribution is -2.19. The van der Waals surface area contributed by atoms with E-state index < -0.39 is 0 Å². The highest BCUT2D eigenvalue weighted by Gasteiger charge is 2.17. The molecule has 0 aliphatic carbocycles. The second kappa shape index (κ2) is 5.90. The largest absolute Gasteiger partial charge is 0.493 e. The van der Waals surface area contributed by atoms with Crippen molar-refractivity contribution in [1.29, 1.82) is 0 Å². The number of hydrogen-bond acceptors (Lipinski definition) is 3. The number of nitrogens with zero attached hydrogens (tertiary/aromatic N) is 2. The maximum absolute atomic E-state index is 5.58. The second-order valence-electron chi connectivity index (χ2n) is 5.89. The average Bonchev–Trinajstić information content (AvgIpc) is 3.12. The van der Waals surface area contributed by atoms with Crippen LogP contribution in [0.3, 0.4) is 0 Å². The molecular formula is C17H23N3O. The first-order valence-electron chi connectivity index (χ1n) is 7.64. The summed E-state index contributed by atoms with van der Waals surface area (Å²) in [4.78, 5) is 0. The quantitative estimate of drug-likeness (QED) is 0.918. The fourth-order valence-electron chi connectivity index (χ4n) is 2.79. The van der Waals surface area contributed by atoms with Gasteiger partial charge in [0, 0.05) is 31.1 Å². The predicted octanol–water partition coefficient (Wildman–Crippen LogP) is 2.90. The van der Waals surface area contributed by atoms with Crippen LogP contribution in [0, 0.1) is 0 Å². The molecule has 0 saturated carbocycles. The summed E-state index contributed by atoms with van der Waals surface area (Å²) in [6.45, 7) is 5.10. The van der Waals surface area contributed by atoms with Crippen LogP contribution in [0.5, 0.6) is 5.75 Å². The summed E-state index contributed by atoms with van der Waals surface area (Å²) >= 11 is 0. The van der Waals surface area contributed by atoms with E-state index in [1.54, 1.807) is 0 Å². The van der Waals surface area contributed by atoms with Gasteiger partial charge in [-0.05, 0) is 44.2 Å². The van der Waals surface area contributed by atoms with Crippen LogP contribution in [0.1, 0.15) is 42.8 Å². The van der Waals surface area contributed by atoms with Crippen LogP contribution in [0.25, 0.3) is 0 Å². The van der Waals surface area contributed by atoms with Gasteiger partial charge >= 0.3 is 0 Å². The second-order valence-corrected chi connectivity index (χ2v) is 5.89. The van der Waals surface area contributed by atoms with Crippen LogP contribution in [0.15, 0.2) is 30.5 Å². The van der Waals surface area contributed by atoms with E-state index in [1.807, 2.05) is 11.7 Å². The molecule has 0 amide bonds. The molecule has 3 rings (SSSR count). The van der Waals surface area contributed by atoms with Crippen molar-refractivity contribution in [3.8, 4) is 5.75 Å². The van der Waals surface area contributed by atoms with E-state index in [-0.39, 0.29) is 6.04 Å². The first-order valence-corrected chi connectivity index (χ1v) is 7.64. The Kier molecular flexibility index (Phi) is 3.97. The lowest BCUT2D eigenvalue weighted by atomic mass is 9.99. The maximum atomic E-state index is 5.58. The molecule has 4 heteroatoms. The number of benzene rings is 1. The summed E-state index contributed by atoms with van der Waals surface area (Å²) < 4.78 is 7.59. The van der Waals surface area contributed by atoms with Crippen molar-refractivity contribution in [3.63, 3.8) is 0 Å². The van der Waals surface area contributed by atoms with Crippen molar-refractivity contribution in [2.75, 3.05) is 13.7 Å². The van der Waals surface area contributed by atoms with Crippen LogP contribution in [-0.2, 0) is 12.8 Å². The smallest absolute Gasteiger partial charge is 0.122 e. The molecule has 1 aromatic carbocycles. The Morgan fingerprint density at radius 3 is 2.90 bits per heavy atom. The summed E-state index contributed by atoms with van der Waals surface area (Å²) in [7, 11) is 2.01. The first kappa shape index (κ1) is 14.1. The average molecular weight is 285 g/mol. The number of fused-ring (bicyclic) bond motifs is 1. The van der Waals surface area contributed by atoms with Crippen molar-refractivity contribution in [2.45, 2.75) is 38.8 Å². The highest BCUT2D eigenvalue weighted by Crippen LogP contribution is 2.29. The summed E-state index contributed by atoms with van der Waals surface area (Å²) in [6.07, 6.45) is 3.97. The molecule has 1 unspecified atom stereocenters. The number of likely N-dealkylation sites (N-methyl/N-ethyl adjacent to an activating group) is 1. The summed E-state index contributed by atoms with van der Waals surface area (Å²) in [6, 6.07) is 9.32. The SMILES string of the molecule is CNC(Cc1ccn(C(C)C)n1)c1ccc2c(c1)CCO2. The zero-order valence-electron chi connectivity index (χ0n) is 13.0. The molecule has 0 spiro atoms. The lowest BCUT2D eigenvalue weighted by molar-refractivity contribution is 0.356. The fourth-order valence-corrected chi connectivity index (χ4v) is 2.79. The van der Waals surface area contributed by atoms with Gasteiger partial charge in [0.05, 0.1) is 12.3 Å². The highest BCUT2D eigenvalue weighted by atomic mass is 16.5. The van der Waals surface area contributed by atoms with Crippen molar-refractivity contribution in [3.05, 3.63) is 47.3 Å². The maximum Gasteiger partial charge on any atom is 0.122 e. The van der Waals surface area contributed by atoms with Gasteiger partial charge in [0.1, 0.15) is 5.75 Å². The standard InChI is InChI=1S/C17H23N3O/c1-12(2)20-8-6-15(19-20)11-16(18-3)13-4-5-17-14(10-13)7-9-21-17/h4-6,8,10,12,16,18H,7,9,11H2,1-3H3. The molecule has 1 aliphatic rings. The molecule has 1 atom stereocenters. The number of rotatable bonds is 5. The van der Waals surface area contributed by atoms with Gasteiger partial charge < -0.3 is 10.1 Å². The van der Waals surface area contributed by atoms with Crippen molar-refractivity contribution >= 4 is 0 Å². The van der Waals surface area contributed by atoms with E-state index >= 15 is 0 Å². The van der Waals surface area contributed by atoms with Gasteiger partial charge in [-0.1, -0.05) is 12.1 Å². The number of ether oxygens (including phenoxy) is 1. The van der Waals surface area contributed by atoms with Gasteiger partial charge in [-0.3, -0.25) is 4.68 Å². The van der Waals surface area contributed by atoms with E-state index in [0.29, 0.717) is 6.04 Å².